The number of nitrogens with zero attached hydrogens (tertiary/aromatic N) is 3. The monoisotopic (exact) mass is 391 g/mol. The smallest absolute Gasteiger partial charge is 0.420 e. The van der Waals surface area contributed by atoms with E-state index in [9.17, 15) is 9.59 Å². The van der Waals surface area contributed by atoms with Gasteiger partial charge in [0.2, 0.25) is 5.28 Å². The lowest BCUT2D eigenvalue weighted by atomic mass is 10.1. The second kappa shape index (κ2) is 7.17. The Morgan fingerprint density at radius 1 is 1.35 bits per heavy atom. The number of ether oxygens (including phenoxy) is 1. The standard InChI is InChI=1S/C18H18ClN3O3S/c1-18(2,3)25-17(24)22(11-7-5-4-6-8-11)15-14-13(20-16(19)21-15)9-12(10-23)26-14/h5,7-10H,4,6H2,1-3H3. The van der Waals surface area contributed by atoms with Crippen molar-refractivity contribution < 1.29 is 14.3 Å². The van der Waals surface area contributed by atoms with Gasteiger partial charge in [0, 0.05) is 5.70 Å². The second-order valence-electron chi connectivity index (χ2n) is 6.72. The molecule has 6 nitrogen and oxygen atoms in total. The maximum atomic E-state index is 13.0. The minimum atomic E-state index is -0.673. The Kier molecular flexibility index (Phi) is 5.11. The van der Waals surface area contributed by atoms with Gasteiger partial charge >= 0.3 is 6.09 Å². The summed E-state index contributed by atoms with van der Waals surface area (Å²) in [5.41, 5.74) is 0.497. The van der Waals surface area contributed by atoms with E-state index in [4.69, 9.17) is 16.3 Å². The molecule has 0 radical (unpaired) electrons. The van der Waals surface area contributed by atoms with Crippen LogP contribution >= 0.6 is 22.9 Å². The number of hydrogen-bond acceptors (Lipinski definition) is 6. The molecule has 0 atom stereocenters. The fraction of sp³-hybridized carbons (Fsp3) is 0.333. The summed E-state index contributed by atoms with van der Waals surface area (Å²) in [6.45, 7) is 5.39. The first kappa shape index (κ1) is 18.5. The summed E-state index contributed by atoms with van der Waals surface area (Å²) in [7, 11) is 0. The van der Waals surface area contributed by atoms with E-state index in [2.05, 4.69) is 9.97 Å². The van der Waals surface area contributed by atoms with Crippen LogP contribution in [0.3, 0.4) is 0 Å². The van der Waals surface area contributed by atoms with Crippen molar-refractivity contribution in [1.82, 2.24) is 9.97 Å². The maximum Gasteiger partial charge on any atom is 0.420 e. The van der Waals surface area contributed by atoms with Crippen molar-refractivity contribution in [2.75, 3.05) is 4.90 Å². The van der Waals surface area contributed by atoms with E-state index in [0.717, 1.165) is 19.1 Å². The fourth-order valence-electron chi connectivity index (χ4n) is 2.50. The second-order valence-corrected chi connectivity index (χ2v) is 8.14. The van der Waals surface area contributed by atoms with E-state index in [1.165, 1.54) is 16.2 Å². The molecule has 2 aromatic heterocycles. The molecule has 0 aliphatic heterocycles. The van der Waals surface area contributed by atoms with Crippen LogP contribution in [0.2, 0.25) is 5.28 Å². The molecule has 0 saturated heterocycles. The number of fused-ring (bicyclic) bond motifs is 1. The molecule has 136 valence electrons. The Morgan fingerprint density at radius 2 is 2.12 bits per heavy atom. The number of rotatable bonds is 3. The fourth-order valence-corrected chi connectivity index (χ4v) is 3.57. The molecule has 0 bridgehead atoms. The van der Waals surface area contributed by atoms with E-state index >= 15 is 0 Å². The third-order valence-electron chi connectivity index (χ3n) is 3.48. The average molecular weight is 392 g/mol. The molecule has 1 amide bonds. The minimum Gasteiger partial charge on any atom is -0.443 e. The highest BCUT2D eigenvalue weighted by molar-refractivity contribution is 7.21. The van der Waals surface area contributed by atoms with Crippen LogP contribution in [0.4, 0.5) is 10.6 Å². The van der Waals surface area contributed by atoms with Crippen molar-refractivity contribution in [1.29, 1.82) is 0 Å². The first-order chi connectivity index (χ1) is 12.3. The normalized spacial score (nSPS) is 14.2. The number of halogens is 1. The van der Waals surface area contributed by atoms with Crippen molar-refractivity contribution >= 4 is 51.4 Å². The van der Waals surface area contributed by atoms with Crippen LogP contribution in [0.5, 0.6) is 0 Å². The summed E-state index contributed by atoms with van der Waals surface area (Å²) in [6, 6.07) is 1.63. The topological polar surface area (TPSA) is 72.4 Å². The average Bonchev–Trinajstić information content (AvgIpc) is 2.97. The third kappa shape index (κ3) is 3.94. The summed E-state index contributed by atoms with van der Waals surface area (Å²) < 4.78 is 6.17. The van der Waals surface area contributed by atoms with E-state index in [-0.39, 0.29) is 5.28 Å². The Morgan fingerprint density at radius 3 is 2.73 bits per heavy atom. The van der Waals surface area contributed by atoms with Crippen molar-refractivity contribution in [3.63, 3.8) is 0 Å². The number of anilines is 1. The molecule has 0 fully saturated rings. The van der Waals surface area contributed by atoms with Crippen molar-refractivity contribution in [2.24, 2.45) is 0 Å². The maximum absolute atomic E-state index is 13.0. The van der Waals surface area contributed by atoms with Crippen molar-refractivity contribution in [2.45, 2.75) is 39.2 Å². The SMILES string of the molecule is CC(C)(C)OC(=O)N(C1=CCCC=C1)c1nc(Cl)nc2cc(C=O)sc12. The summed E-state index contributed by atoms with van der Waals surface area (Å²) >= 11 is 7.28. The largest absolute Gasteiger partial charge is 0.443 e. The Balaban J connectivity index is 2.18. The molecule has 3 rings (SSSR count). The van der Waals surface area contributed by atoms with Crippen LogP contribution in [0.1, 0.15) is 43.3 Å². The predicted molar refractivity (Wildman–Crippen MR) is 103 cm³/mol. The van der Waals surface area contributed by atoms with Gasteiger partial charge in [-0.3, -0.25) is 4.79 Å². The number of carbonyl (C=O) groups is 2. The highest BCUT2D eigenvalue weighted by Gasteiger charge is 2.29. The van der Waals surface area contributed by atoms with E-state index in [1.807, 2.05) is 18.2 Å². The van der Waals surface area contributed by atoms with E-state index < -0.39 is 11.7 Å². The number of amides is 1. The van der Waals surface area contributed by atoms with Crippen LogP contribution < -0.4 is 4.90 Å². The van der Waals surface area contributed by atoms with Crippen molar-refractivity contribution in [3.05, 3.63) is 40.2 Å². The number of aromatic nitrogens is 2. The van der Waals surface area contributed by atoms with Crippen LogP contribution in [-0.2, 0) is 4.74 Å². The predicted octanol–water partition coefficient (Wildman–Crippen LogP) is 5.13. The molecule has 26 heavy (non-hydrogen) atoms. The summed E-state index contributed by atoms with van der Waals surface area (Å²) in [5.74, 6) is 0.310. The van der Waals surface area contributed by atoms with Gasteiger partial charge in [0.15, 0.2) is 12.1 Å². The van der Waals surface area contributed by atoms with Gasteiger partial charge in [-0.25, -0.2) is 14.7 Å². The van der Waals surface area contributed by atoms with Crippen LogP contribution in [-0.4, -0.2) is 27.9 Å². The molecule has 0 N–H and O–H groups in total. The lowest BCUT2D eigenvalue weighted by molar-refractivity contribution is 0.0592. The summed E-state index contributed by atoms with van der Waals surface area (Å²) in [5, 5.41) is -0.00306. The van der Waals surface area contributed by atoms with Crippen LogP contribution in [0, 0.1) is 0 Å². The Labute approximate surface area is 160 Å². The van der Waals surface area contributed by atoms with Gasteiger partial charge in [-0.1, -0.05) is 12.2 Å². The molecular weight excluding hydrogens is 374 g/mol. The van der Waals surface area contributed by atoms with Gasteiger partial charge < -0.3 is 4.74 Å². The molecule has 0 saturated carbocycles. The van der Waals surface area contributed by atoms with E-state index in [1.54, 1.807) is 26.8 Å². The number of carbonyl (C=O) groups excluding carboxylic acids is 2. The molecule has 0 unspecified atom stereocenters. The number of hydrogen-bond donors (Lipinski definition) is 0. The third-order valence-corrected chi connectivity index (χ3v) is 4.70. The van der Waals surface area contributed by atoms with Crippen molar-refractivity contribution in [3.8, 4) is 0 Å². The molecule has 2 aromatic rings. The van der Waals surface area contributed by atoms with Gasteiger partial charge in [0.1, 0.15) is 5.60 Å². The molecule has 8 heteroatoms. The van der Waals surface area contributed by atoms with Gasteiger partial charge in [-0.05, 0) is 57.4 Å². The zero-order valence-corrected chi connectivity index (χ0v) is 16.2. The molecule has 2 heterocycles. The van der Waals surface area contributed by atoms with Gasteiger partial charge in [0.05, 0.1) is 15.1 Å². The minimum absolute atomic E-state index is 0.00306. The zero-order chi connectivity index (χ0) is 18.9. The molecular formula is C18H18ClN3O3S. The van der Waals surface area contributed by atoms with Crippen LogP contribution in [0.15, 0.2) is 30.0 Å². The zero-order valence-electron chi connectivity index (χ0n) is 14.7. The number of thiophene rings is 1. The molecule has 1 aliphatic carbocycles. The number of aldehydes is 1. The van der Waals surface area contributed by atoms with Crippen LogP contribution in [0.25, 0.3) is 10.2 Å². The quantitative estimate of drug-likeness (QED) is 0.535. The summed E-state index contributed by atoms with van der Waals surface area (Å²) in [4.78, 5) is 34.4. The highest BCUT2D eigenvalue weighted by atomic mass is 35.5. The molecule has 0 aromatic carbocycles. The first-order valence-corrected chi connectivity index (χ1v) is 9.30. The highest BCUT2D eigenvalue weighted by Crippen LogP contribution is 2.35. The van der Waals surface area contributed by atoms with E-state index in [0.29, 0.717) is 26.6 Å². The lowest BCUT2D eigenvalue weighted by Gasteiger charge is -2.28. The Hall–Kier alpha value is -2.25. The van der Waals surface area contributed by atoms with Gasteiger partial charge in [-0.2, -0.15) is 4.98 Å². The first-order valence-electron chi connectivity index (χ1n) is 8.10. The van der Waals surface area contributed by atoms with Gasteiger partial charge in [0.25, 0.3) is 0 Å². The molecule has 0 spiro atoms. The number of allylic oxidation sites excluding steroid dienone is 3. The lowest BCUT2D eigenvalue weighted by Crippen LogP contribution is -2.36. The summed E-state index contributed by atoms with van der Waals surface area (Å²) in [6.07, 6.45) is 7.66. The Bertz CT molecular complexity index is 928. The molecule has 1 aliphatic rings. The van der Waals surface area contributed by atoms with Gasteiger partial charge in [-0.15, -0.1) is 11.3 Å².